The van der Waals surface area contributed by atoms with Crippen molar-refractivity contribution in [3.8, 4) is 0 Å². The van der Waals surface area contributed by atoms with E-state index in [0.717, 1.165) is 31.4 Å². The van der Waals surface area contributed by atoms with Gasteiger partial charge in [0.05, 0.1) is 10.7 Å². The molecule has 0 fully saturated rings. The van der Waals surface area contributed by atoms with E-state index in [1.807, 2.05) is 6.92 Å². The van der Waals surface area contributed by atoms with Crippen LogP contribution in [0.5, 0.6) is 0 Å². The number of hydrogen-bond acceptors (Lipinski definition) is 3. The molecular formula is C12H18ClFN2O2S. The minimum Gasteiger partial charge on any atom is -0.396 e. The second-order valence-electron chi connectivity index (χ2n) is 4.34. The third-order valence-electron chi connectivity index (χ3n) is 2.82. The number of anilines is 1. The summed E-state index contributed by atoms with van der Waals surface area (Å²) in [7, 11) is -2.26. The molecule has 0 radical (unpaired) electrons. The standard InChI is InChI=1S/C12H18ClFN2O2S/c1-3-4-5-6-16(2)19(17,18)12-8-11(15)10(14)7-9(12)13/h7-8H,3-6,15H2,1-2H3. The average molecular weight is 309 g/mol. The smallest absolute Gasteiger partial charge is 0.244 e. The molecule has 4 nitrogen and oxygen atoms in total. The van der Waals surface area contributed by atoms with Gasteiger partial charge in [-0.25, -0.2) is 17.1 Å². The average Bonchev–Trinajstić information content (AvgIpc) is 2.33. The van der Waals surface area contributed by atoms with Crippen LogP contribution < -0.4 is 5.73 Å². The summed E-state index contributed by atoms with van der Waals surface area (Å²) < 4.78 is 38.9. The molecule has 0 aliphatic heterocycles. The van der Waals surface area contributed by atoms with Crippen molar-refractivity contribution in [1.82, 2.24) is 4.31 Å². The third kappa shape index (κ3) is 3.81. The number of halogens is 2. The first-order valence-corrected chi connectivity index (χ1v) is 7.83. The lowest BCUT2D eigenvalue weighted by Crippen LogP contribution is -2.28. The van der Waals surface area contributed by atoms with Crippen LogP contribution in [0.15, 0.2) is 17.0 Å². The van der Waals surface area contributed by atoms with Crippen molar-refractivity contribution >= 4 is 27.3 Å². The first kappa shape index (κ1) is 16.2. The summed E-state index contributed by atoms with van der Waals surface area (Å²) >= 11 is 5.79. The van der Waals surface area contributed by atoms with Gasteiger partial charge in [-0.1, -0.05) is 31.4 Å². The zero-order valence-corrected chi connectivity index (χ0v) is 12.6. The van der Waals surface area contributed by atoms with E-state index in [0.29, 0.717) is 6.54 Å². The summed E-state index contributed by atoms with van der Waals surface area (Å²) in [6.45, 7) is 2.43. The number of hydrogen-bond donors (Lipinski definition) is 1. The number of sulfonamides is 1. The van der Waals surface area contributed by atoms with Crippen molar-refractivity contribution < 1.29 is 12.8 Å². The van der Waals surface area contributed by atoms with Crippen LogP contribution in [-0.4, -0.2) is 26.3 Å². The maximum absolute atomic E-state index is 13.2. The van der Waals surface area contributed by atoms with Gasteiger partial charge in [-0.3, -0.25) is 0 Å². The zero-order valence-electron chi connectivity index (χ0n) is 11.0. The molecule has 0 unspecified atom stereocenters. The van der Waals surface area contributed by atoms with Crippen LogP contribution in [0.3, 0.4) is 0 Å². The van der Waals surface area contributed by atoms with Crippen molar-refractivity contribution in [2.45, 2.75) is 31.1 Å². The molecular weight excluding hydrogens is 291 g/mol. The predicted molar refractivity (Wildman–Crippen MR) is 75.2 cm³/mol. The first-order chi connectivity index (χ1) is 8.80. The van der Waals surface area contributed by atoms with E-state index in [4.69, 9.17) is 17.3 Å². The minimum absolute atomic E-state index is 0.158. The molecule has 7 heteroatoms. The van der Waals surface area contributed by atoms with Crippen LogP contribution in [0.2, 0.25) is 5.02 Å². The quantitative estimate of drug-likeness (QED) is 0.649. The Morgan fingerprint density at radius 1 is 1.37 bits per heavy atom. The number of nitrogens with zero attached hydrogens (tertiary/aromatic N) is 1. The van der Waals surface area contributed by atoms with Crippen LogP contribution in [0.1, 0.15) is 26.2 Å². The van der Waals surface area contributed by atoms with Gasteiger partial charge >= 0.3 is 0 Å². The summed E-state index contributed by atoms with van der Waals surface area (Å²) in [5.74, 6) is -0.724. The van der Waals surface area contributed by atoms with Gasteiger partial charge in [0, 0.05) is 13.6 Å². The van der Waals surface area contributed by atoms with Gasteiger partial charge < -0.3 is 5.73 Å². The van der Waals surface area contributed by atoms with Crippen LogP contribution in [0.4, 0.5) is 10.1 Å². The molecule has 19 heavy (non-hydrogen) atoms. The monoisotopic (exact) mass is 308 g/mol. The highest BCUT2D eigenvalue weighted by Gasteiger charge is 2.24. The molecule has 0 amide bonds. The molecule has 0 aliphatic rings. The van der Waals surface area contributed by atoms with E-state index >= 15 is 0 Å². The maximum Gasteiger partial charge on any atom is 0.244 e. The van der Waals surface area contributed by atoms with Crippen LogP contribution in [0.25, 0.3) is 0 Å². The van der Waals surface area contributed by atoms with Crippen molar-refractivity contribution in [2.24, 2.45) is 0 Å². The molecule has 0 aliphatic carbocycles. The summed E-state index contributed by atoms with van der Waals surface area (Å²) in [4.78, 5) is -0.160. The summed E-state index contributed by atoms with van der Waals surface area (Å²) in [5, 5.41) is -0.158. The number of nitrogen functional groups attached to an aromatic ring is 1. The van der Waals surface area contributed by atoms with Crippen LogP contribution in [0, 0.1) is 5.82 Å². The number of unbranched alkanes of at least 4 members (excludes halogenated alkanes) is 2. The lowest BCUT2D eigenvalue weighted by atomic mass is 10.2. The Hall–Kier alpha value is -0.850. The van der Waals surface area contributed by atoms with E-state index in [9.17, 15) is 12.8 Å². The maximum atomic E-state index is 13.2. The van der Waals surface area contributed by atoms with E-state index < -0.39 is 15.8 Å². The predicted octanol–water partition coefficient (Wildman–Crippen LogP) is 2.87. The fourth-order valence-electron chi connectivity index (χ4n) is 1.62. The third-order valence-corrected chi connectivity index (χ3v) is 5.14. The molecule has 0 atom stereocenters. The van der Waals surface area contributed by atoms with Crippen molar-refractivity contribution in [3.05, 3.63) is 23.0 Å². The molecule has 108 valence electrons. The van der Waals surface area contributed by atoms with Crippen molar-refractivity contribution in [3.63, 3.8) is 0 Å². The lowest BCUT2D eigenvalue weighted by molar-refractivity contribution is 0.454. The Bertz CT molecular complexity index is 549. The Kier molecular flexibility index (Phi) is 5.58. The van der Waals surface area contributed by atoms with Gasteiger partial charge in [-0.05, 0) is 18.6 Å². The van der Waals surface area contributed by atoms with Gasteiger partial charge in [0.25, 0.3) is 0 Å². The van der Waals surface area contributed by atoms with E-state index in [-0.39, 0.29) is 15.6 Å². The summed E-state index contributed by atoms with van der Waals surface area (Å²) in [6.07, 6.45) is 2.71. The molecule has 0 saturated heterocycles. The van der Waals surface area contributed by atoms with E-state index in [1.54, 1.807) is 0 Å². The summed E-state index contributed by atoms with van der Waals surface area (Å²) in [5.41, 5.74) is 5.16. The normalized spacial score (nSPS) is 12.1. The van der Waals surface area contributed by atoms with Gasteiger partial charge in [-0.2, -0.15) is 0 Å². The Morgan fingerprint density at radius 2 is 2.00 bits per heavy atom. The van der Waals surface area contributed by atoms with Crippen molar-refractivity contribution in [2.75, 3.05) is 19.3 Å². The fraction of sp³-hybridized carbons (Fsp3) is 0.500. The van der Waals surface area contributed by atoms with E-state index in [2.05, 4.69) is 0 Å². The van der Waals surface area contributed by atoms with Gasteiger partial charge in [0.15, 0.2) is 0 Å². The molecule has 1 aromatic rings. The van der Waals surface area contributed by atoms with Crippen LogP contribution >= 0.6 is 11.6 Å². The number of rotatable bonds is 6. The molecule has 0 spiro atoms. The van der Waals surface area contributed by atoms with Gasteiger partial charge in [0.2, 0.25) is 10.0 Å². The lowest BCUT2D eigenvalue weighted by Gasteiger charge is -2.18. The topological polar surface area (TPSA) is 63.4 Å². The molecule has 1 rings (SSSR count). The molecule has 0 bridgehead atoms. The molecule has 0 aromatic heterocycles. The second-order valence-corrected chi connectivity index (χ2v) is 6.76. The minimum atomic E-state index is -3.73. The zero-order chi connectivity index (χ0) is 14.6. The van der Waals surface area contributed by atoms with Gasteiger partial charge in [0.1, 0.15) is 10.7 Å². The molecule has 0 heterocycles. The second kappa shape index (κ2) is 6.54. The highest BCUT2D eigenvalue weighted by atomic mass is 35.5. The van der Waals surface area contributed by atoms with Crippen LogP contribution in [-0.2, 0) is 10.0 Å². The van der Waals surface area contributed by atoms with Crippen molar-refractivity contribution in [1.29, 1.82) is 0 Å². The molecule has 2 N–H and O–H groups in total. The Morgan fingerprint density at radius 3 is 2.58 bits per heavy atom. The first-order valence-electron chi connectivity index (χ1n) is 6.01. The SMILES string of the molecule is CCCCCN(C)S(=O)(=O)c1cc(N)c(F)cc1Cl. The fourth-order valence-corrected chi connectivity index (χ4v) is 3.34. The summed E-state index contributed by atoms with van der Waals surface area (Å²) in [6, 6.07) is 1.98. The van der Waals surface area contributed by atoms with Gasteiger partial charge in [-0.15, -0.1) is 0 Å². The Balaban J connectivity index is 3.03. The number of benzene rings is 1. The molecule has 1 aromatic carbocycles. The molecule has 0 saturated carbocycles. The highest BCUT2D eigenvalue weighted by molar-refractivity contribution is 7.89. The highest BCUT2D eigenvalue weighted by Crippen LogP contribution is 2.28. The van der Waals surface area contributed by atoms with E-state index in [1.165, 1.54) is 11.4 Å². The Labute approximate surface area is 118 Å². The largest absolute Gasteiger partial charge is 0.396 e. The number of nitrogens with two attached hydrogens (primary N) is 1.